The number of Topliss-reactive ketones (excluding diaryl/α,β-unsaturated/α-hetero) is 1. The van der Waals surface area contributed by atoms with Gasteiger partial charge in [-0.25, -0.2) is 12.8 Å². The highest BCUT2D eigenvalue weighted by molar-refractivity contribution is 7.93. The number of hydrogen-bond acceptors (Lipinski definition) is 6. The lowest BCUT2D eigenvalue weighted by atomic mass is 9.90. The summed E-state index contributed by atoms with van der Waals surface area (Å²) in [4.78, 5) is 27.2. The summed E-state index contributed by atoms with van der Waals surface area (Å²) in [6, 6.07) is 23.5. The van der Waals surface area contributed by atoms with Gasteiger partial charge in [-0.05, 0) is 65.7 Å². The van der Waals surface area contributed by atoms with Crippen LogP contribution in [0.3, 0.4) is 0 Å². The molecule has 7 nitrogen and oxygen atoms in total. The molecule has 39 heavy (non-hydrogen) atoms. The lowest BCUT2D eigenvalue weighted by Crippen LogP contribution is -2.62. The van der Waals surface area contributed by atoms with Gasteiger partial charge in [-0.1, -0.05) is 42.5 Å². The van der Waals surface area contributed by atoms with Gasteiger partial charge in [0.25, 0.3) is 0 Å². The van der Waals surface area contributed by atoms with Gasteiger partial charge in [0.15, 0.2) is 20.9 Å². The Balaban J connectivity index is 1.47. The van der Waals surface area contributed by atoms with Crippen LogP contribution in [-0.4, -0.2) is 41.3 Å². The average Bonchev–Trinajstić information content (AvgIpc) is 2.91. The number of carbonyl (C=O) groups excluding carboxylic acids is 2. The molecule has 2 atom stereocenters. The number of benzene rings is 4. The second kappa shape index (κ2) is 10.3. The first-order chi connectivity index (χ1) is 18.7. The van der Waals surface area contributed by atoms with Crippen molar-refractivity contribution < 1.29 is 32.6 Å². The van der Waals surface area contributed by atoms with Crippen LogP contribution in [0.1, 0.15) is 28.4 Å². The number of phenolic OH excluding ortho intramolecular Hbond substituents is 2. The van der Waals surface area contributed by atoms with E-state index < -0.39 is 44.4 Å². The van der Waals surface area contributed by atoms with Gasteiger partial charge in [0, 0.05) is 23.2 Å². The molecular formula is C30H24FNO6S. The van der Waals surface area contributed by atoms with Gasteiger partial charge >= 0.3 is 0 Å². The molecule has 2 N–H and O–H groups in total. The molecule has 0 aromatic heterocycles. The number of halogens is 1. The van der Waals surface area contributed by atoms with Crippen molar-refractivity contribution in [3.8, 4) is 22.6 Å². The molecule has 1 fully saturated rings. The first-order valence-electron chi connectivity index (χ1n) is 12.2. The van der Waals surface area contributed by atoms with Crippen molar-refractivity contribution in [3.05, 3.63) is 114 Å². The SMILES string of the molecule is O=C(CCS(=O)(=O)C1C(=O)N(c2ccccc2)C1c1ccc(-c2cccc(O)c2)cc1O)c1ccc(F)cc1. The lowest BCUT2D eigenvalue weighted by molar-refractivity contribution is -0.123. The summed E-state index contributed by atoms with van der Waals surface area (Å²) in [5.74, 6) is -2.40. The van der Waals surface area contributed by atoms with Crippen LogP contribution >= 0.6 is 0 Å². The average molecular weight is 546 g/mol. The number of para-hydroxylation sites is 1. The number of aromatic hydroxyl groups is 2. The van der Waals surface area contributed by atoms with Gasteiger partial charge in [0.1, 0.15) is 17.3 Å². The second-order valence-electron chi connectivity index (χ2n) is 9.28. The number of amides is 1. The van der Waals surface area contributed by atoms with E-state index in [4.69, 9.17) is 0 Å². The largest absolute Gasteiger partial charge is 0.508 e. The summed E-state index contributed by atoms with van der Waals surface area (Å²) in [6.07, 6.45) is -0.377. The Labute approximate surface area is 224 Å². The minimum atomic E-state index is -4.14. The van der Waals surface area contributed by atoms with Crippen molar-refractivity contribution >= 4 is 27.2 Å². The molecule has 2 unspecified atom stereocenters. The van der Waals surface area contributed by atoms with Gasteiger partial charge in [-0.2, -0.15) is 0 Å². The van der Waals surface area contributed by atoms with E-state index >= 15 is 0 Å². The van der Waals surface area contributed by atoms with Crippen LogP contribution in [0, 0.1) is 5.82 Å². The van der Waals surface area contributed by atoms with Crippen LogP contribution in [0.25, 0.3) is 11.1 Å². The number of ketones is 1. The first-order valence-corrected chi connectivity index (χ1v) is 13.9. The molecule has 4 aromatic carbocycles. The fourth-order valence-corrected chi connectivity index (χ4v) is 6.60. The van der Waals surface area contributed by atoms with Crippen LogP contribution in [0.15, 0.2) is 97.1 Å². The predicted molar refractivity (Wildman–Crippen MR) is 145 cm³/mol. The smallest absolute Gasteiger partial charge is 0.248 e. The van der Waals surface area contributed by atoms with E-state index in [1.165, 1.54) is 35.2 Å². The maximum atomic E-state index is 13.4. The molecule has 1 heterocycles. The molecule has 0 spiro atoms. The van der Waals surface area contributed by atoms with E-state index in [1.54, 1.807) is 54.6 Å². The minimum Gasteiger partial charge on any atom is -0.508 e. The topological polar surface area (TPSA) is 112 Å². The number of rotatable bonds is 8. The molecule has 0 radical (unpaired) electrons. The molecule has 9 heteroatoms. The van der Waals surface area contributed by atoms with Gasteiger partial charge in [0.2, 0.25) is 5.91 Å². The number of β-lactam (4-membered cyclic amide) rings is 1. The highest BCUT2D eigenvalue weighted by Gasteiger charge is 2.56. The maximum Gasteiger partial charge on any atom is 0.248 e. The van der Waals surface area contributed by atoms with Crippen molar-refractivity contribution in [2.75, 3.05) is 10.7 Å². The van der Waals surface area contributed by atoms with Crippen molar-refractivity contribution in [1.29, 1.82) is 0 Å². The van der Waals surface area contributed by atoms with Crippen molar-refractivity contribution in [3.63, 3.8) is 0 Å². The second-order valence-corrected chi connectivity index (χ2v) is 11.5. The van der Waals surface area contributed by atoms with Crippen LogP contribution < -0.4 is 4.90 Å². The number of nitrogens with zero attached hydrogens (tertiary/aromatic N) is 1. The van der Waals surface area contributed by atoms with E-state index in [1.807, 2.05) is 0 Å². The van der Waals surface area contributed by atoms with E-state index in [0.29, 0.717) is 16.8 Å². The third kappa shape index (κ3) is 5.13. The fraction of sp³-hybridized carbons (Fsp3) is 0.133. The first kappa shape index (κ1) is 26.1. The Morgan fingerprint density at radius 1 is 0.846 bits per heavy atom. The summed E-state index contributed by atoms with van der Waals surface area (Å²) in [6.45, 7) is 0. The molecule has 198 valence electrons. The van der Waals surface area contributed by atoms with Crippen molar-refractivity contribution in [2.24, 2.45) is 0 Å². The van der Waals surface area contributed by atoms with Crippen LogP contribution in [0.4, 0.5) is 10.1 Å². The minimum absolute atomic E-state index is 0.0530. The zero-order valence-electron chi connectivity index (χ0n) is 20.6. The Morgan fingerprint density at radius 3 is 2.21 bits per heavy atom. The normalized spacial score (nSPS) is 17.1. The fourth-order valence-electron chi connectivity index (χ4n) is 4.79. The maximum absolute atomic E-state index is 13.4. The zero-order chi connectivity index (χ0) is 27.7. The molecule has 0 aliphatic carbocycles. The lowest BCUT2D eigenvalue weighted by Gasteiger charge is -2.46. The third-order valence-corrected chi connectivity index (χ3v) is 8.78. The van der Waals surface area contributed by atoms with Gasteiger partial charge in [-0.3, -0.25) is 9.59 Å². The zero-order valence-corrected chi connectivity index (χ0v) is 21.4. The van der Waals surface area contributed by atoms with Crippen LogP contribution in [0.5, 0.6) is 11.5 Å². The molecule has 1 amide bonds. The molecule has 4 aromatic rings. The molecule has 1 aliphatic heterocycles. The Hall–Kier alpha value is -4.50. The monoisotopic (exact) mass is 545 g/mol. The Morgan fingerprint density at radius 2 is 1.54 bits per heavy atom. The van der Waals surface area contributed by atoms with Gasteiger partial charge in [0.05, 0.1) is 11.8 Å². The molecule has 0 bridgehead atoms. The van der Waals surface area contributed by atoms with Crippen molar-refractivity contribution in [1.82, 2.24) is 0 Å². The van der Waals surface area contributed by atoms with E-state index in [-0.39, 0.29) is 29.0 Å². The molecular weight excluding hydrogens is 521 g/mol. The Bertz CT molecular complexity index is 1650. The van der Waals surface area contributed by atoms with E-state index in [0.717, 1.165) is 12.1 Å². The number of sulfone groups is 1. The summed E-state index contributed by atoms with van der Waals surface area (Å²) in [5, 5.41) is 19.3. The molecule has 5 rings (SSSR count). The van der Waals surface area contributed by atoms with E-state index in [2.05, 4.69) is 0 Å². The summed E-state index contributed by atoms with van der Waals surface area (Å²) < 4.78 is 40.1. The predicted octanol–water partition coefficient (Wildman–Crippen LogP) is 5.05. The number of hydrogen-bond donors (Lipinski definition) is 2. The summed E-state index contributed by atoms with van der Waals surface area (Å²) in [7, 11) is -4.14. The van der Waals surface area contributed by atoms with Crippen LogP contribution in [-0.2, 0) is 14.6 Å². The summed E-state index contributed by atoms with van der Waals surface area (Å²) in [5.41, 5.74) is 2.12. The van der Waals surface area contributed by atoms with Gasteiger partial charge in [-0.15, -0.1) is 0 Å². The number of carbonyl (C=O) groups is 2. The van der Waals surface area contributed by atoms with Crippen LogP contribution in [0.2, 0.25) is 0 Å². The van der Waals surface area contributed by atoms with Crippen molar-refractivity contribution in [2.45, 2.75) is 17.7 Å². The molecule has 1 aliphatic rings. The highest BCUT2D eigenvalue weighted by atomic mass is 32.2. The highest BCUT2D eigenvalue weighted by Crippen LogP contribution is 2.46. The quantitative estimate of drug-likeness (QED) is 0.237. The molecule has 1 saturated heterocycles. The van der Waals surface area contributed by atoms with E-state index in [9.17, 15) is 32.6 Å². The Kier molecular flexibility index (Phi) is 6.93. The summed E-state index contributed by atoms with van der Waals surface area (Å²) >= 11 is 0. The standard InChI is InChI=1S/C30H24FNO6S/c31-22-12-9-19(10-13-22)26(34)15-16-39(37,38)29-28(32(30(29)36)23-6-2-1-3-7-23)25-14-11-21(18-27(25)35)20-5-4-8-24(33)17-20/h1-14,17-18,28-29,33,35H,15-16H2. The molecule has 0 saturated carbocycles. The van der Waals surface area contributed by atoms with Gasteiger partial charge < -0.3 is 15.1 Å². The third-order valence-electron chi connectivity index (χ3n) is 6.78. The number of phenols is 2. The number of anilines is 1.